The van der Waals surface area contributed by atoms with Crippen LogP contribution in [0.1, 0.15) is 78.8 Å². The van der Waals surface area contributed by atoms with E-state index in [-0.39, 0.29) is 36.0 Å². The smallest absolute Gasteiger partial charge is 0.179 e. The van der Waals surface area contributed by atoms with Gasteiger partial charge in [0.15, 0.2) is 17.3 Å². The van der Waals surface area contributed by atoms with Crippen LogP contribution in [0.2, 0.25) is 0 Å². The topological polar surface area (TPSA) is 62.2 Å². The third-order valence-corrected chi connectivity index (χ3v) is 13.1. The molecule has 2 aliphatic heterocycles. The van der Waals surface area contributed by atoms with Crippen LogP contribution in [0, 0.1) is 19.7 Å². The van der Waals surface area contributed by atoms with Gasteiger partial charge in [-0.3, -0.25) is 14.6 Å². The highest BCUT2D eigenvalue weighted by Crippen LogP contribution is 2.32. The van der Waals surface area contributed by atoms with Gasteiger partial charge in [-0.05, 0) is 139 Å². The number of piperidine rings is 2. The molecular formula is C56H59FN2O4. The van der Waals surface area contributed by atoms with E-state index in [1.54, 1.807) is 13.0 Å². The van der Waals surface area contributed by atoms with Crippen LogP contribution in [0.4, 0.5) is 4.39 Å². The first kappa shape index (κ1) is 43.6. The molecule has 2 saturated heterocycles. The maximum Gasteiger partial charge on any atom is 0.179 e. The van der Waals surface area contributed by atoms with E-state index in [4.69, 9.17) is 9.47 Å². The predicted octanol–water partition coefficient (Wildman–Crippen LogP) is 12.7. The number of carbonyl (C=O) groups excluding carboxylic acids is 1. The average molecular weight is 843 g/mol. The summed E-state index contributed by atoms with van der Waals surface area (Å²) in [5.41, 5.74) is 11.4. The van der Waals surface area contributed by atoms with Crippen molar-refractivity contribution in [1.29, 1.82) is 0 Å². The fourth-order valence-electron chi connectivity index (χ4n) is 9.41. The lowest BCUT2D eigenvalue weighted by molar-refractivity contribution is -0.122. The number of ether oxygens (including phenoxy) is 2. The number of carbonyl (C=O) groups is 1. The Labute approximate surface area is 372 Å². The largest absolute Gasteiger partial charge is 0.510 e. The lowest BCUT2D eigenvalue weighted by atomic mass is 9.90. The lowest BCUT2D eigenvalue weighted by Gasteiger charge is -2.37. The number of nitrogens with zero attached hydrogens (tertiary/aromatic N) is 2. The van der Waals surface area contributed by atoms with Gasteiger partial charge in [0.2, 0.25) is 0 Å². The van der Waals surface area contributed by atoms with Crippen molar-refractivity contribution < 1.29 is 23.8 Å². The zero-order valence-corrected chi connectivity index (χ0v) is 36.9. The van der Waals surface area contributed by atoms with E-state index in [0.29, 0.717) is 25.3 Å². The fraction of sp³-hybridized carbons (Fsp3) is 0.304. The molecule has 0 amide bonds. The lowest BCUT2D eigenvalue weighted by Crippen LogP contribution is -2.46. The molecule has 2 heterocycles. The minimum absolute atomic E-state index is 0.0176. The molecule has 0 aromatic heterocycles. The number of halogens is 1. The highest BCUT2D eigenvalue weighted by molar-refractivity contribution is 5.99. The number of ketones is 1. The summed E-state index contributed by atoms with van der Waals surface area (Å²) in [5, 5.41) is 11.8. The molecule has 0 spiro atoms. The van der Waals surface area contributed by atoms with E-state index >= 15 is 4.39 Å². The second-order valence-electron chi connectivity index (χ2n) is 17.2. The summed E-state index contributed by atoms with van der Waals surface area (Å²) in [6.07, 6.45) is 5.39. The zero-order chi connectivity index (χ0) is 43.7. The van der Waals surface area contributed by atoms with Crippen LogP contribution in [-0.4, -0.2) is 45.9 Å². The SMILES string of the molecule is C/C(C(=O)C1CCCCN1Cc1cccc(OCc2cccc(-c3ccccc3)c2C)c1)=C(/O)C1CCCCN1Cc1ccc(OCc2cccc(-c3ccccc3)c2C)c(F)c1. The fourth-order valence-corrected chi connectivity index (χ4v) is 9.41. The van der Waals surface area contributed by atoms with Crippen LogP contribution in [0.3, 0.4) is 0 Å². The normalized spacial score (nSPS) is 17.5. The molecule has 2 aliphatic rings. The molecule has 0 aliphatic carbocycles. The van der Waals surface area contributed by atoms with Gasteiger partial charge in [0.1, 0.15) is 24.7 Å². The Hall–Kier alpha value is -6.02. The van der Waals surface area contributed by atoms with Crippen LogP contribution in [0.15, 0.2) is 151 Å². The number of benzene rings is 6. The van der Waals surface area contributed by atoms with Gasteiger partial charge in [0.25, 0.3) is 0 Å². The predicted molar refractivity (Wildman–Crippen MR) is 251 cm³/mol. The quantitative estimate of drug-likeness (QED) is 0.0821. The van der Waals surface area contributed by atoms with Crippen LogP contribution in [-0.2, 0) is 31.1 Å². The van der Waals surface area contributed by atoms with E-state index in [2.05, 4.69) is 96.4 Å². The molecule has 6 nitrogen and oxygen atoms in total. The Bertz CT molecular complexity index is 2540. The van der Waals surface area contributed by atoms with Gasteiger partial charge in [0, 0.05) is 18.7 Å². The number of aliphatic hydroxyl groups excluding tert-OH is 1. The number of aliphatic hydroxyl groups is 1. The Morgan fingerprint density at radius 1 is 0.619 bits per heavy atom. The van der Waals surface area contributed by atoms with Crippen LogP contribution < -0.4 is 9.47 Å². The number of hydrogen-bond donors (Lipinski definition) is 1. The summed E-state index contributed by atoms with van der Waals surface area (Å²) in [4.78, 5) is 18.8. The highest BCUT2D eigenvalue weighted by Gasteiger charge is 2.34. The van der Waals surface area contributed by atoms with E-state index in [9.17, 15) is 9.90 Å². The van der Waals surface area contributed by atoms with Gasteiger partial charge in [-0.2, -0.15) is 0 Å². The first-order valence-electron chi connectivity index (χ1n) is 22.6. The molecule has 2 unspecified atom stereocenters. The molecule has 324 valence electrons. The number of Topliss-reactive ketones (excluding diaryl/α,β-unsaturated/α-hetero) is 1. The summed E-state index contributed by atoms with van der Waals surface area (Å²) < 4.78 is 28.0. The van der Waals surface area contributed by atoms with Crippen molar-refractivity contribution in [3.63, 3.8) is 0 Å². The van der Waals surface area contributed by atoms with Crippen molar-refractivity contribution in [2.45, 2.75) is 97.7 Å². The summed E-state index contributed by atoms with van der Waals surface area (Å²) in [7, 11) is 0. The Morgan fingerprint density at radius 2 is 1.16 bits per heavy atom. The van der Waals surface area contributed by atoms with Gasteiger partial charge < -0.3 is 14.6 Å². The van der Waals surface area contributed by atoms with E-state index < -0.39 is 5.82 Å². The van der Waals surface area contributed by atoms with Gasteiger partial charge in [-0.25, -0.2) is 4.39 Å². The maximum absolute atomic E-state index is 15.6. The third kappa shape index (κ3) is 10.4. The molecule has 0 saturated carbocycles. The second-order valence-corrected chi connectivity index (χ2v) is 17.2. The maximum atomic E-state index is 15.6. The third-order valence-electron chi connectivity index (χ3n) is 13.1. The zero-order valence-electron chi connectivity index (χ0n) is 36.9. The number of likely N-dealkylation sites (tertiary alicyclic amines) is 2. The summed E-state index contributed by atoms with van der Waals surface area (Å²) >= 11 is 0. The first-order valence-corrected chi connectivity index (χ1v) is 22.6. The van der Waals surface area contributed by atoms with Crippen molar-refractivity contribution >= 4 is 5.78 Å². The minimum Gasteiger partial charge on any atom is -0.510 e. The molecule has 8 rings (SSSR count). The first-order chi connectivity index (χ1) is 30.7. The van der Waals surface area contributed by atoms with E-state index in [1.807, 2.05) is 54.6 Å². The van der Waals surface area contributed by atoms with Crippen molar-refractivity contribution in [1.82, 2.24) is 9.80 Å². The molecule has 6 aromatic rings. The molecule has 1 N–H and O–H groups in total. The van der Waals surface area contributed by atoms with Crippen molar-refractivity contribution in [2.75, 3.05) is 13.1 Å². The molecule has 2 atom stereocenters. The average Bonchev–Trinajstić information content (AvgIpc) is 3.32. The van der Waals surface area contributed by atoms with Crippen LogP contribution >= 0.6 is 0 Å². The van der Waals surface area contributed by atoms with Crippen molar-refractivity contribution in [2.24, 2.45) is 0 Å². The number of rotatable bonds is 15. The molecule has 0 bridgehead atoms. The minimum atomic E-state index is -0.415. The van der Waals surface area contributed by atoms with Crippen LogP contribution in [0.5, 0.6) is 11.5 Å². The summed E-state index contributed by atoms with van der Waals surface area (Å²) in [6.45, 7) is 9.35. The summed E-state index contributed by atoms with van der Waals surface area (Å²) in [5.74, 6) is 0.711. The summed E-state index contributed by atoms with van der Waals surface area (Å²) in [6, 6.07) is 45.8. The van der Waals surface area contributed by atoms with Gasteiger partial charge in [-0.15, -0.1) is 0 Å². The van der Waals surface area contributed by atoms with E-state index in [0.717, 1.165) is 96.3 Å². The van der Waals surface area contributed by atoms with Gasteiger partial charge in [0.05, 0.1) is 12.1 Å². The Kier molecular flexibility index (Phi) is 14.2. The van der Waals surface area contributed by atoms with Gasteiger partial charge in [-0.1, -0.05) is 128 Å². The van der Waals surface area contributed by atoms with Crippen molar-refractivity contribution in [3.05, 3.63) is 190 Å². The van der Waals surface area contributed by atoms with Gasteiger partial charge >= 0.3 is 0 Å². The molecule has 6 aromatic carbocycles. The highest BCUT2D eigenvalue weighted by atomic mass is 19.1. The van der Waals surface area contributed by atoms with Crippen molar-refractivity contribution in [3.8, 4) is 33.8 Å². The standard InChI is InChI=1S/C56H59FN2O4/c1-39-46(22-15-25-49(39)44-18-6-4-7-19-44)37-62-48-24-14-17-42(33-48)35-58-31-12-10-27-52(58)55(60)41(3)56(61)53-28-11-13-32-59(53)36-43-29-30-54(51(57)34-43)63-38-47-23-16-26-50(40(47)2)45-20-8-5-9-21-45/h4-9,14-26,29-30,33-34,52-53,61H,10-13,27-28,31-32,35-38H2,1-3H3/b56-41-. The number of hydrogen-bond acceptors (Lipinski definition) is 6. The second kappa shape index (κ2) is 20.4. The molecule has 7 heteroatoms. The molecule has 63 heavy (non-hydrogen) atoms. The molecule has 2 fully saturated rings. The van der Waals surface area contributed by atoms with Crippen LogP contribution in [0.25, 0.3) is 22.3 Å². The molecular weight excluding hydrogens is 784 g/mol. The van der Waals surface area contributed by atoms with E-state index in [1.165, 1.54) is 22.8 Å². The Balaban J connectivity index is 0.901. The molecule has 0 radical (unpaired) electrons. The Morgan fingerprint density at radius 3 is 1.76 bits per heavy atom. The monoisotopic (exact) mass is 842 g/mol.